The molecule has 0 radical (unpaired) electrons. The van der Waals surface area contributed by atoms with Crippen LogP contribution in [0.5, 0.6) is 0 Å². The number of aliphatic hydroxyl groups excluding tert-OH is 1. The summed E-state index contributed by atoms with van der Waals surface area (Å²) in [5, 5.41) is 13.0. The van der Waals surface area contributed by atoms with Crippen LogP contribution >= 0.6 is 34.8 Å². The molecule has 0 saturated carbocycles. The summed E-state index contributed by atoms with van der Waals surface area (Å²) >= 11 is 17.8. The van der Waals surface area contributed by atoms with Gasteiger partial charge in [0, 0.05) is 13.2 Å². The number of likely N-dealkylation sites (tertiary alicyclic amines) is 1. The standard InChI is InChI=1S/C14H17Cl3N2O2/c15-10-4-12(17)13(5-11(10)16)18-14(21)7-19-3-1-2-9(6-19)8-20/h4-5,9,20H,1-3,6-8H2,(H,18,21). The van der Waals surface area contributed by atoms with Crippen molar-refractivity contribution in [3.63, 3.8) is 0 Å². The Morgan fingerprint density at radius 3 is 2.71 bits per heavy atom. The Morgan fingerprint density at radius 2 is 2.00 bits per heavy atom. The van der Waals surface area contributed by atoms with E-state index in [-0.39, 0.29) is 25.0 Å². The SMILES string of the molecule is O=C(CN1CCCC(CO)C1)Nc1cc(Cl)c(Cl)cc1Cl. The molecule has 7 heteroatoms. The van der Waals surface area contributed by atoms with Crippen molar-refractivity contribution >= 4 is 46.4 Å². The second kappa shape index (κ2) is 7.65. The first-order chi connectivity index (χ1) is 9.99. The molecule has 1 unspecified atom stereocenters. The molecule has 0 aliphatic carbocycles. The molecule has 1 aliphatic heterocycles. The predicted molar refractivity (Wildman–Crippen MR) is 86.4 cm³/mol. The van der Waals surface area contributed by atoms with E-state index in [0.29, 0.717) is 20.8 Å². The zero-order chi connectivity index (χ0) is 15.4. The van der Waals surface area contributed by atoms with Crippen LogP contribution in [0.1, 0.15) is 12.8 Å². The lowest BCUT2D eigenvalue weighted by Crippen LogP contribution is -2.41. The highest BCUT2D eigenvalue weighted by molar-refractivity contribution is 6.44. The van der Waals surface area contributed by atoms with Crippen molar-refractivity contribution in [2.45, 2.75) is 12.8 Å². The van der Waals surface area contributed by atoms with E-state index < -0.39 is 0 Å². The fraction of sp³-hybridized carbons (Fsp3) is 0.500. The minimum Gasteiger partial charge on any atom is -0.396 e. The molecule has 1 atom stereocenters. The molecule has 21 heavy (non-hydrogen) atoms. The third kappa shape index (κ3) is 4.73. The second-order valence-electron chi connectivity index (χ2n) is 5.22. The first-order valence-corrected chi connectivity index (χ1v) is 7.90. The van der Waals surface area contributed by atoms with E-state index in [1.54, 1.807) is 0 Å². The molecular formula is C14H17Cl3N2O2. The Hall–Kier alpha value is -0.520. The topological polar surface area (TPSA) is 52.6 Å². The maximum absolute atomic E-state index is 12.1. The lowest BCUT2D eigenvalue weighted by Gasteiger charge is -2.31. The van der Waals surface area contributed by atoms with Gasteiger partial charge in [-0.15, -0.1) is 0 Å². The maximum Gasteiger partial charge on any atom is 0.238 e. The molecule has 1 aromatic carbocycles. The fourth-order valence-electron chi connectivity index (χ4n) is 2.46. The minimum absolute atomic E-state index is 0.158. The van der Waals surface area contributed by atoms with E-state index in [2.05, 4.69) is 5.32 Å². The van der Waals surface area contributed by atoms with Crippen LogP contribution < -0.4 is 5.32 Å². The molecule has 0 spiro atoms. The monoisotopic (exact) mass is 350 g/mol. The predicted octanol–water partition coefficient (Wildman–Crippen LogP) is 3.29. The van der Waals surface area contributed by atoms with Crippen LogP contribution in [0.15, 0.2) is 12.1 Å². The molecule has 1 amide bonds. The third-order valence-corrected chi connectivity index (χ3v) is 4.55. The van der Waals surface area contributed by atoms with Gasteiger partial charge in [-0.05, 0) is 37.4 Å². The number of amides is 1. The van der Waals surface area contributed by atoms with Gasteiger partial charge in [0.1, 0.15) is 0 Å². The number of benzene rings is 1. The largest absolute Gasteiger partial charge is 0.396 e. The zero-order valence-corrected chi connectivity index (χ0v) is 13.7. The van der Waals surface area contributed by atoms with Gasteiger partial charge in [0.25, 0.3) is 0 Å². The van der Waals surface area contributed by atoms with Crippen LogP contribution in [0, 0.1) is 5.92 Å². The summed E-state index contributed by atoms with van der Waals surface area (Å²) in [6.07, 6.45) is 2.00. The average Bonchev–Trinajstić information content (AvgIpc) is 2.45. The molecule has 116 valence electrons. The number of carbonyl (C=O) groups excluding carboxylic acids is 1. The summed E-state index contributed by atoms with van der Waals surface area (Å²) in [6.45, 7) is 2.03. The van der Waals surface area contributed by atoms with Crippen LogP contribution in [-0.4, -0.2) is 42.2 Å². The van der Waals surface area contributed by atoms with Gasteiger partial charge in [0.05, 0.1) is 27.3 Å². The molecule has 1 aliphatic rings. The minimum atomic E-state index is -0.158. The van der Waals surface area contributed by atoms with Crippen molar-refractivity contribution in [1.82, 2.24) is 4.90 Å². The van der Waals surface area contributed by atoms with Gasteiger partial charge in [-0.2, -0.15) is 0 Å². The van der Waals surface area contributed by atoms with Crippen LogP contribution in [-0.2, 0) is 4.79 Å². The fourth-order valence-corrected chi connectivity index (χ4v) is 3.05. The smallest absolute Gasteiger partial charge is 0.238 e. The van der Waals surface area contributed by atoms with Crippen molar-refractivity contribution in [3.05, 3.63) is 27.2 Å². The summed E-state index contributed by atoms with van der Waals surface area (Å²) in [5.74, 6) is 0.0917. The number of rotatable bonds is 4. The molecular weight excluding hydrogens is 335 g/mol. The normalized spacial score (nSPS) is 19.5. The van der Waals surface area contributed by atoms with Gasteiger partial charge in [0.15, 0.2) is 0 Å². The summed E-state index contributed by atoms with van der Waals surface area (Å²) in [6, 6.07) is 3.04. The van der Waals surface area contributed by atoms with Crippen molar-refractivity contribution < 1.29 is 9.90 Å². The molecule has 1 aromatic rings. The second-order valence-corrected chi connectivity index (χ2v) is 6.44. The third-order valence-electron chi connectivity index (χ3n) is 3.51. The number of nitrogens with zero attached hydrogens (tertiary/aromatic N) is 1. The highest BCUT2D eigenvalue weighted by Crippen LogP contribution is 2.32. The molecule has 1 fully saturated rings. The Morgan fingerprint density at radius 1 is 1.29 bits per heavy atom. The number of piperidine rings is 1. The number of nitrogens with one attached hydrogen (secondary N) is 1. The summed E-state index contributed by atoms with van der Waals surface area (Å²) in [7, 11) is 0. The maximum atomic E-state index is 12.1. The van der Waals surface area contributed by atoms with Crippen LogP contribution in [0.25, 0.3) is 0 Å². The molecule has 4 nitrogen and oxygen atoms in total. The van der Waals surface area contributed by atoms with Gasteiger partial charge in [-0.25, -0.2) is 0 Å². The lowest BCUT2D eigenvalue weighted by molar-refractivity contribution is -0.117. The first-order valence-electron chi connectivity index (χ1n) is 6.77. The van der Waals surface area contributed by atoms with E-state index in [4.69, 9.17) is 34.8 Å². The van der Waals surface area contributed by atoms with Gasteiger partial charge < -0.3 is 10.4 Å². The first kappa shape index (κ1) is 16.8. The van der Waals surface area contributed by atoms with Crippen LogP contribution in [0.4, 0.5) is 5.69 Å². The van der Waals surface area contributed by atoms with Crippen molar-refractivity contribution in [3.8, 4) is 0 Å². The summed E-state index contributed by atoms with van der Waals surface area (Å²) < 4.78 is 0. The van der Waals surface area contributed by atoms with Gasteiger partial charge in [-0.3, -0.25) is 9.69 Å². The molecule has 1 heterocycles. The zero-order valence-electron chi connectivity index (χ0n) is 11.4. The molecule has 0 bridgehead atoms. The number of halogens is 3. The number of carbonyl (C=O) groups is 1. The Bertz CT molecular complexity index is 525. The van der Waals surface area contributed by atoms with Crippen molar-refractivity contribution in [2.75, 3.05) is 31.6 Å². The number of hydrogen-bond acceptors (Lipinski definition) is 3. The Kier molecular flexibility index (Phi) is 6.14. The summed E-state index contributed by atoms with van der Waals surface area (Å²) in [4.78, 5) is 14.1. The summed E-state index contributed by atoms with van der Waals surface area (Å²) in [5.41, 5.74) is 0.451. The molecule has 1 saturated heterocycles. The van der Waals surface area contributed by atoms with Gasteiger partial charge in [-0.1, -0.05) is 34.8 Å². The Balaban J connectivity index is 1.94. The van der Waals surface area contributed by atoms with E-state index in [1.165, 1.54) is 12.1 Å². The van der Waals surface area contributed by atoms with Crippen LogP contribution in [0.2, 0.25) is 15.1 Å². The van der Waals surface area contributed by atoms with Crippen molar-refractivity contribution in [1.29, 1.82) is 0 Å². The van der Waals surface area contributed by atoms with Gasteiger partial charge >= 0.3 is 0 Å². The highest BCUT2D eigenvalue weighted by Gasteiger charge is 2.21. The lowest BCUT2D eigenvalue weighted by atomic mass is 9.99. The van der Waals surface area contributed by atoms with E-state index in [9.17, 15) is 9.90 Å². The van der Waals surface area contributed by atoms with E-state index >= 15 is 0 Å². The van der Waals surface area contributed by atoms with Gasteiger partial charge in [0.2, 0.25) is 5.91 Å². The average molecular weight is 352 g/mol. The van der Waals surface area contributed by atoms with E-state index in [1.807, 2.05) is 4.90 Å². The molecule has 2 rings (SSSR count). The number of aliphatic hydroxyl groups is 1. The Labute approximate surface area is 139 Å². The van der Waals surface area contributed by atoms with Crippen LogP contribution in [0.3, 0.4) is 0 Å². The molecule has 0 aromatic heterocycles. The number of hydrogen-bond donors (Lipinski definition) is 2. The van der Waals surface area contributed by atoms with E-state index in [0.717, 1.165) is 25.9 Å². The quantitative estimate of drug-likeness (QED) is 0.819. The number of anilines is 1. The molecule has 2 N–H and O–H groups in total. The van der Waals surface area contributed by atoms with Crippen molar-refractivity contribution in [2.24, 2.45) is 5.92 Å². The highest BCUT2D eigenvalue weighted by atomic mass is 35.5.